The number of aryl methyl sites for hydroxylation is 1. The maximum absolute atomic E-state index is 13.3. The van der Waals surface area contributed by atoms with E-state index in [0.717, 1.165) is 17.5 Å². The minimum atomic E-state index is -0.884. The first-order valence-corrected chi connectivity index (χ1v) is 10.5. The van der Waals surface area contributed by atoms with Gasteiger partial charge >= 0.3 is 5.69 Å². The maximum Gasteiger partial charge on any atom is 0.329 e. The SMILES string of the molecule is CC(C)(O)CCn1c(=O)n([C@@H]2CCOC2)c2ccc(Nc3nc(Cl)ncc3Cl)cc21. The second-order valence-electron chi connectivity index (χ2n) is 8.05. The number of ether oxygens (including phenoxy) is 1. The lowest BCUT2D eigenvalue weighted by Gasteiger charge is -2.17. The van der Waals surface area contributed by atoms with Gasteiger partial charge in [-0.3, -0.25) is 9.13 Å². The first kappa shape index (κ1) is 21.1. The Morgan fingerprint density at radius 2 is 2.13 bits per heavy atom. The Balaban J connectivity index is 1.78. The van der Waals surface area contributed by atoms with Crippen molar-refractivity contribution in [2.45, 2.75) is 44.9 Å². The lowest BCUT2D eigenvalue weighted by atomic mass is 10.1. The first-order valence-electron chi connectivity index (χ1n) is 9.73. The van der Waals surface area contributed by atoms with Crippen molar-refractivity contribution in [3.8, 4) is 0 Å². The summed E-state index contributed by atoms with van der Waals surface area (Å²) in [5.41, 5.74) is 1.30. The molecule has 1 aromatic carbocycles. The Hall–Kier alpha value is -2.13. The van der Waals surface area contributed by atoms with Crippen molar-refractivity contribution < 1.29 is 9.84 Å². The quantitative estimate of drug-likeness (QED) is 0.553. The maximum atomic E-state index is 13.3. The number of benzene rings is 1. The third kappa shape index (κ3) is 4.32. The van der Waals surface area contributed by atoms with Gasteiger partial charge in [0.1, 0.15) is 5.02 Å². The highest BCUT2D eigenvalue weighted by Crippen LogP contribution is 2.29. The van der Waals surface area contributed by atoms with Crippen LogP contribution in [0.15, 0.2) is 29.2 Å². The molecule has 0 bridgehead atoms. The molecule has 0 unspecified atom stereocenters. The number of nitrogens with one attached hydrogen (secondary N) is 1. The molecule has 2 aromatic heterocycles. The number of anilines is 2. The van der Waals surface area contributed by atoms with Crippen LogP contribution in [0, 0.1) is 0 Å². The minimum Gasteiger partial charge on any atom is -0.390 e. The van der Waals surface area contributed by atoms with Gasteiger partial charge in [-0.1, -0.05) is 11.6 Å². The molecule has 3 aromatic rings. The van der Waals surface area contributed by atoms with E-state index in [-0.39, 0.29) is 17.0 Å². The normalized spacial score (nSPS) is 17.0. The van der Waals surface area contributed by atoms with Gasteiger partial charge in [-0.15, -0.1) is 0 Å². The van der Waals surface area contributed by atoms with E-state index in [1.54, 1.807) is 23.0 Å². The van der Waals surface area contributed by atoms with Crippen LogP contribution < -0.4 is 11.0 Å². The third-order valence-corrected chi connectivity index (χ3v) is 5.62. The van der Waals surface area contributed by atoms with Crippen LogP contribution in [0.25, 0.3) is 11.0 Å². The Labute approximate surface area is 183 Å². The minimum absolute atomic E-state index is 0.00249. The molecule has 30 heavy (non-hydrogen) atoms. The molecule has 2 N–H and O–H groups in total. The third-order valence-electron chi connectivity index (χ3n) is 5.16. The number of aromatic nitrogens is 4. The van der Waals surface area contributed by atoms with E-state index in [4.69, 9.17) is 27.9 Å². The summed E-state index contributed by atoms with van der Waals surface area (Å²) in [6.07, 6.45) is 2.66. The molecule has 1 saturated heterocycles. The molecule has 0 amide bonds. The molecular formula is C20H23Cl2N5O3. The zero-order valence-corrected chi connectivity index (χ0v) is 18.2. The van der Waals surface area contributed by atoms with Crippen LogP contribution in [0.4, 0.5) is 11.5 Å². The molecule has 8 nitrogen and oxygen atoms in total. The Morgan fingerprint density at radius 3 is 2.83 bits per heavy atom. The highest BCUT2D eigenvalue weighted by Gasteiger charge is 2.25. The fraction of sp³-hybridized carbons (Fsp3) is 0.450. The van der Waals surface area contributed by atoms with E-state index in [0.29, 0.717) is 42.7 Å². The number of aliphatic hydroxyl groups is 1. The second-order valence-corrected chi connectivity index (χ2v) is 8.79. The van der Waals surface area contributed by atoms with Crippen molar-refractivity contribution in [1.82, 2.24) is 19.1 Å². The monoisotopic (exact) mass is 451 g/mol. The molecule has 160 valence electrons. The number of fused-ring (bicyclic) bond motifs is 1. The Kier molecular flexibility index (Phi) is 5.76. The molecule has 0 saturated carbocycles. The van der Waals surface area contributed by atoms with Crippen molar-refractivity contribution in [3.63, 3.8) is 0 Å². The molecular weight excluding hydrogens is 429 g/mol. The molecule has 0 radical (unpaired) electrons. The first-order chi connectivity index (χ1) is 14.2. The summed E-state index contributed by atoms with van der Waals surface area (Å²) in [6, 6.07) is 5.63. The zero-order chi connectivity index (χ0) is 21.5. The summed E-state index contributed by atoms with van der Waals surface area (Å²) in [5.74, 6) is 0.380. The van der Waals surface area contributed by atoms with Crippen molar-refractivity contribution in [3.05, 3.63) is 45.2 Å². The van der Waals surface area contributed by atoms with Crippen molar-refractivity contribution in [1.29, 1.82) is 0 Å². The van der Waals surface area contributed by atoms with Gasteiger partial charge in [-0.2, -0.15) is 4.98 Å². The fourth-order valence-corrected chi connectivity index (χ4v) is 3.88. The zero-order valence-electron chi connectivity index (χ0n) is 16.7. The Morgan fingerprint density at radius 1 is 1.33 bits per heavy atom. The number of hydrogen-bond donors (Lipinski definition) is 2. The van der Waals surface area contributed by atoms with E-state index < -0.39 is 5.60 Å². The second kappa shape index (κ2) is 8.19. The number of imidazole rings is 1. The number of halogens is 2. The van der Waals surface area contributed by atoms with E-state index in [1.165, 1.54) is 6.20 Å². The molecule has 1 aliphatic heterocycles. The van der Waals surface area contributed by atoms with Gasteiger partial charge in [0.15, 0.2) is 5.82 Å². The predicted octanol–water partition coefficient (Wildman–Crippen LogP) is 3.77. The molecule has 1 aliphatic rings. The van der Waals surface area contributed by atoms with Gasteiger partial charge in [0, 0.05) is 18.8 Å². The summed E-state index contributed by atoms with van der Waals surface area (Å²) in [6.45, 7) is 5.01. The number of rotatable bonds is 6. The van der Waals surface area contributed by atoms with Gasteiger partial charge < -0.3 is 15.2 Å². The Bertz CT molecular complexity index is 1130. The van der Waals surface area contributed by atoms with Crippen molar-refractivity contribution in [2.75, 3.05) is 18.5 Å². The van der Waals surface area contributed by atoms with Crippen LogP contribution in [0.5, 0.6) is 0 Å². The van der Waals surface area contributed by atoms with Gasteiger partial charge in [-0.25, -0.2) is 9.78 Å². The molecule has 3 heterocycles. The van der Waals surface area contributed by atoms with Crippen LogP contribution in [0.2, 0.25) is 10.3 Å². The van der Waals surface area contributed by atoms with Crippen LogP contribution in [0.3, 0.4) is 0 Å². The number of hydrogen-bond acceptors (Lipinski definition) is 6. The van der Waals surface area contributed by atoms with E-state index in [1.807, 2.05) is 18.2 Å². The average molecular weight is 452 g/mol. The predicted molar refractivity (Wildman–Crippen MR) is 117 cm³/mol. The van der Waals surface area contributed by atoms with Crippen LogP contribution >= 0.6 is 23.2 Å². The van der Waals surface area contributed by atoms with Gasteiger partial charge in [0.25, 0.3) is 0 Å². The van der Waals surface area contributed by atoms with Crippen molar-refractivity contribution in [2.24, 2.45) is 0 Å². The summed E-state index contributed by atoms with van der Waals surface area (Å²) in [5, 5.41) is 13.7. The van der Waals surface area contributed by atoms with E-state index in [9.17, 15) is 9.90 Å². The van der Waals surface area contributed by atoms with E-state index in [2.05, 4.69) is 15.3 Å². The largest absolute Gasteiger partial charge is 0.390 e. The van der Waals surface area contributed by atoms with Crippen LogP contribution in [0.1, 0.15) is 32.7 Å². The highest BCUT2D eigenvalue weighted by molar-refractivity contribution is 6.33. The molecule has 1 atom stereocenters. The standard InChI is InChI=1S/C20H23Cl2N5O3/c1-20(2,29)6-7-26-16-9-12(24-17-14(21)10-23-18(22)25-17)3-4-15(16)27(19(26)28)13-5-8-30-11-13/h3-4,9-10,13,29H,5-8,11H2,1-2H3,(H,23,24,25)/t13-/m1/s1. The molecule has 10 heteroatoms. The van der Waals surface area contributed by atoms with Crippen LogP contribution in [-0.4, -0.2) is 43.0 Å². The van der Waals surface area contributed by atoms with E-state index >= 15 is 0 Å². The molecule has 0 spiro atoms. The summed E-state index contributed by atoms with van der Waals surface area (Å²) in [4.78, 5) is 21.2. The number of nitrogens with zero attached hydrogens (tertiary/aromatic N) is 4. The molecule has 0 aliphatic carbocycles. The van der Waals surface area contributed by atoms with Gasteiger partial charge in [0.2, 0.25) is 5.28 Å². The molecule has 4 rings (SSSR count). The lowest BCUT2D eigenvalue weighted by Crippen LogP contribution is -2.30. The van der Waals surface area contributed by atoms with Crippen molar-refractivity contribution >= 4 is 45.7 Å². The van der Waals surface area contributed by atoms with Gasteiger partial charge in [0.05, 0.1) is 35.5 Å². The topological polar surface area (TPSA) is 94.2 Å². The smallest absolute Gasteiger partial charge is 0.329 e. The summed E-state index contributed by atoms with van der Waals surface area (Å²) in [7, 11) is 0. The lowest BCUT2D eigenvalue weighted by molar-refractivity contribution is 0.0662. The highest BCUT2D eigenvalue weighted by atomic mass is 35.5. The fourth-order valence-electron chi connectivity index (χ4n) is 3.61. The average Bonchev–Trinajstić information content (AvgIpc) is 3.28. The summed E-state index contributed by atoms with van der Waals surface area (Å²) >= 11 is 12.0. The summed E-state index contributed by atoms with van der Waals surface area (Å²) < 4.78 is 9.00. The molecule has 1 fully saturated rings. The van der Waals surface area contributed by atoms with Crippen LogP contribution in [-0.2, 0) is 11.3 Å². The van der Waals surface area contributed by atoms with Gasteiger partial charge in [-0.05, 0) is 56.5 Å².